The number of pyridine rings is 1. The molecule has 0 atom stereocenters. The number of hydrogen-bond donors (Lipinski definition) is 0. The molecule has 0 aliphatic heterocycles. The van der Waals surface area contributed by atoms with Crippen LogP contribution in [0.3, 0.4) is 0 Å². The molecule has 70 valence electrons. The lowest BCUT2D eigenvalue weighted by molar-refractivity contribution is 1.32. The number of aromatic nitrogens is 1. The normalized spacial score (nSPS) is 10.1. The first-order valence-corrected chi connectivity index (χ1v) is 5.52. The Morgan fingerprint density at radius 1 is 1.07 bits per heavy atom. The molecule has 2 aromatic rings. The smallest absolute Gasteiger partial charge is 0.0273 e. The molecule has 1 nitrogen and oxygen atoms in total. The third kappa shape index (κ3) is 1.95. The van der Waals surface area contributed by atoms with Crippen LogP contribution in [0.4, 0.5) is 0 Å². The highest BCUT2D eigenvalue weighted by molar-refractivity contribution is 14.1. The molecule has 0 spiro atoms. The summed E-state index contributed by atoms with van der Waals surface area (Å²) in [6, 6.07) is 10.6. The topological polar surface area (TPSA) is 12.9 Å². The summed E-state index contributed by atoms with van der Waals surface area (Å²) in [5, 5.41) is 0. The molecule has 1 aromatic carbocycles. The van der Waals surface area contributed by atoms with Crippen molar-refractivity contribution < 1.29 is 0 Å². The van der Waals surface area contributed by atoms with Crippen LogP contribution >= 0.6 is 22.6 Å². The maximum Gasteiger partial charge on any atom is 0.0273 e. The fourth-order valence-electron chi connectivity index (χ4n) is 1.44. The lowest BCUT2D eigenvalue weighted by atomic mass is 10.0. The van der Waals surface area contributed by atoms with Gasteiger partial charge in [0, 0.05) is 16.0 Å². The minimum atomic E-state index is 1.23. The zero-order valence-electron chi connectivity index (χ0n) is 7.87. The Kier molecular flexibility index (Phi) is 2.82. The molecule has 14 heavy (non-hydrogen) atoms. The number of halogens is 1. The van der Waals surface area contributed by atoms with Crippen molar-refractivity contribution in [2.45, 2.75) is 6.92 Å². The molecule has 1 heterocycles. The Hall–Kier alpha value is -0.900. The van der Waals surface area contributed by atoms with Crippen molar-refractivity contribution in [3.05, 3.63) is 51.9 Å². The van der Waals surface area contributed by atoms with E-state index in [4.69, 9.17) is 0 Å². The first kappa shape index (κ1) is 9.65. The second-order valence-corrected chi connectivity index (χ2v) is 4.44. The number of nitrogens with zero attached hydrogens (tertiary/aromatic N) is 1. The van der Waals surface area contributed by atoms with Crippen molar-refractivity contribution in [1.82, 2.24) is 4.98 Å². The molecule has 0 aliphatic carbocycles. The molecule has 1 aromatic heterocycles. The lowest BCUT2D eigenvalue weighted by Crippen LogP contribution is -1.84. The minimum absolute atomic E-state index is 1.23. The van der Waals surface area contributed by atoms with Crippen LogP contribution in [0, 0.1) is 10.5 Å². The lowest BCUT2D eigenvalue weighted by Gasteiger charge is -2.05. The molecule has 0 fully saturated rings. The van der Waals surface area contributed by atoms with Crippen LogP contribution in [0.5, 0.6) is 0 Å². The second-order valence-electron chi connectivity index (χ2n) is 3.20. The first-order valence-electron chi connectivity index (χ1n) is 4.44. The molecular weight excluding hydrogens is 285 g/mol. The SMILES string of the molecule is Cc1ccc(I)cc1-c1ccncc1. The van der Waals surface area contributed by atoms with E-state index < -0.39 is 0 Å². The molecule has 0 unspecified atom stereocenters. The van der Waals surface area contributed by atoms with Crippen LogP contribution in [0.2, 0.25) is 0 Å². The van der Waals surface area contributed by atoms with Crippen LogP contribution in [-0.2, 0) is 0 Å². The number of hydrogen-bond acceptors (Lipinski definition) is 1. The van der Waals surface area contributed by atoms with E-state index in [1.807, 2.05) is 24.5 Å². The van der Waals surface area contributed by atoms with Gasteiger partial charge in [-0.1, -0.05) is 6.07 Å². The summed E-state index contributed by atoms with van der Waals surface area (Å²) in [6.45, 7) is 2.13. The van der Waals surface area contributed by atoms with Gasteiger partial charge in [-0.05, 0) is 70.5 Å². The highest BCUT2D eigenvalue weighted by Crippen LogP contribution is 2.24. The van der Waals surface area contributed by atoms with Gasteiger partial charge in [0.05, 0.1) is 0 Å². The van der Waals surface area contributed by atoms with E-state index in [1.54, 1.807) is 0 Å². The number of rotatable bonds is 1. The van der Waals surface area contributed by atoms with Crippen molar-refractivity contribution in [1.29, 1.82) is 0 Å². The average Bonchev–Trinajstić information content (AvgIpc) is 2.23. The molecule has 0 saturated heterocycles. The molecule has 2 rings (SSSR count). The molecule has 0 aliphatic rings. The fraction of sp³-hybridized carbons (Fsp3) is 0.0833. The van der Waals surface area contributed by atoms with Crippen LogP contribution < -0.4 is 0 Å². The third-order valence-electron chi connectivity index (χ3n) is 2.19. The Morgan fingerprint density at radius 3 is 2.50 bits per heavy atom. The van der Waals surface area contributed by atoms with Gasteiger partial charge < -0.3 is 0 Å². The van der Waals surface area contributed by atoms with E-state index in [9.17, 15) is 0 Å². The van der Waals surface area contributed by atoms with Gasteiger partial charge in [0.15, 0.2) is 0 Å². The largest absolute Gasteiger partial charge is 0.265 e. The summed E-state index contributed by atoms with van der Waals surface area (Å²) in [4.78, 5) is 4.02. The zero-order valence-corrected chi connectivity index (χ0v) is 10.0. The summed E-state index contributed by atoms with van der Waals surface area (Å²) in [6.07, 6.45) is 3.66. The summed E-state index contributed by atoms with van der Waals surface area (Å²) in [7, 11) is 0. The minimum Gasteiger partial charge on any atom is -0.265 e. The van der Waals surface area contributed by atoms with Crippen molar-refractivity contribution in [2.24, 2.45) is 0 Å². The molecular formula is C12H10IN. The van der Waals surface area contributed by atoms with E-state index in [-0.39, 0.29) is 0 Å². The quantitative estimate of drug-likeness (QED) is 0.732. The Bertz CT molecular complexity index is 437. The van der Waals surface area contributed by atoms with Crippen molar-refractivity contribution in [2.75, 3.05) is 0 Å². The Labute approximate surface area is 97.3 Å². The van der Waals surface area contributed by atoms with Gasteiger partial charge in [-0.3, -0.25) is 4.98 Å². The summed E-state index contributed by atoms with van der Waals surface area (Å²) < 4.78 is 1.26. The van der Waals surface area contributed by atoms with Gasteiger partial charge in [0.2, 0.25) is 0 Å². The van der Waals surface area contributed by atoms with E-state index in [1.165, 1.54) is 20.3 Å². The number of aryl methyl sites for hydroxylation is 1. The van der Waals surface area contributed by atoms with Crippen LogP contribution in [0.25, 0.3) is 11.1 Å². The standard InChI is InChI=1S/C12H10IN/c1-9-2-3-11(13)8-12(9)10-4-6-14-7-5-10/h2-8H,1H3. The summed E-state index contributed by atoms with van der Waals surface area (Å²) in [5.41, 5.74) is 3.83. The van der Waals surface area contributed by atoms with E-state index in [0.29, 0.717) is 0 Å². The summed E-state index contributed by atoms with van der Waals surface area (Å²) >= 11 is 2.33. The molecule has 2 heteroatoms. The second kappa shape index (κ2) is 4.09. The third-order valence-corrected chi connectivity index (χ3v) is 2.86. The van der Waals surface area contributed by atoms with Crippen LogP contribution in [-0.4, -0.2) is 4.98 Å². The van der Waals surface area contributed by atoms with Gasteiger partial charge in [0.1, 0.15) is 0 Å². The monoisotopic (exact) mass is 295 g/mol. The number of benzene rings is 1. The van der Waals surface area contributed by atoms with Crippen LogP contribution in [0.15, 0.2) is 42.7 Å². The maximum atomic E-state index is 4.02. The summed E-state index contributed by atoms with van der Waals surface area (Å²) in [5.74, 6) is 0. The molecule has 0 radical (unpaired) electrons. The van der Waals surface area contributed by atoms with Crippen molar-refractivity contribution in [3.63, 3.8) is 0 Å². The van der Waals surface area contributed by atoms with Gasteiger partial charge in [-0.2, -0.15) is 0 Å². The highest BCUT2D eigenvalue weighted by Gasteiger charge is 2.01. The van der Waals surface area contributed by atoms with Gasteiger partial charge in [0.25, 0.3) is 0 Å². The van der Waals surface area contributed by atoms with Gasteiger partial charge in [-0.15, -0.1) is 0 Å². The van der Waals surface area contributed by atoms with E-state index >= 15 is 0 Å². The predicted molar refractivity (Wildman–Crippen MR) is 67.1 cm³/mol. The Morgan fingerprint density at radius 2 is 1.79 bits per heavy atom. The average molecular weight is 295 g/mol. The highest BCUT2D eigenvalue weighted by atomic mass is 127. The molecule has 0 amide bonds. The predicted octanol–water partition coefficient (Wildman–Crippen LogP) is 3.66. The molecule has 0 N–H and O–H groups in total. The van der Waals surface area contributed by atoms with Gasteiger partial charge in [-0.25, -0.2) is 0 Å². The maximum absolute atomic E-state index is 4.02. The Balaban J connectivity index is 2.57. The van der Waals surface area contributed by atoms with Crippen molar-refractivity contribution >= 4 is 22.6 Å². The fourth-order valence-corrected chi connectivity index (χ4v) is 1.93. The van der Waals surface area contributed by atoms with Crippen LogP contribution in [0.1, 0.15) is 5.56 Å². The first-order chi connectivity index (χ1) is 6.77. The van der Waals surface area contributed by atoms with Crippen molar-refractivity contribution in [3.8, 4) is 11.1 Å². The van der Waals surface area contributed by atoms with E-state index in [0.717, 1.165) is 0 Å². The van der Waals surface area contributed by atoms with Gasteiger partial charge >= 0.3 is 0 Å². The zero-order chi connectivity index (χ0) is 9.97. The molecule has 0 bridgehead atoms. The molecule has 0 saturated carbocycles. The van der Waals surface area contributed by atoms with E-state index in [2.05, 4.69) is 52.7 Å².